The molecule has 94 valence electrons. The van der Waals surface area contributed by atoms with Gasteiger partial charge in [-0.15, -0.1) is 0 Å². The van der Waals surface area contributed by atoms with Crippen LogP contribution in [0, 0.1) is 0 Å². The topological polar surface area (TPSA) is 59.8 Å². The zero-order valence-corrected chi connectivity index (χ0v) is 10.6. The maximum absolute atomic E-state index is 11.9. The highest BCUT2D eigenvalue weighted by Crippen LogP contribution is 2.12. The lowest BCUT2D eigenvalue weighted by atomic mass is 10.2. The molecule has 0 saturated carbocycles. The first kappa shape index (κ1) is 12.3. The van der Waals surface area contributed by atoms with Gasteiger partial charge in [-0.2, -0.15) is 5.10 Å². The molecule has 1 amide bonds. The lowest BCUT2D eigenvalue weighted by Gasteiger charge is -2.04. The first-order valence-corrected chi connectivity index (χ1v) is 5.95. The first-order chi connectivity index (χ1) is 8.70. The number of anilines is 1. The van der Waals surface area contributed by atoms with Crippen molar-refractivity contribution >= 4 is 11.7 Å². The highest BCUT2D eigenvalue weighted by atomic mass is 16.1. The van der Waals surface area contributed by atoms with Crippen LogP contribution in [-0.4, -0.2) is 20.7 Å². The van der Waals surface area contributed by atoms with Crippen molar-refractivity contribution in [2.45, 2.75) is 19.8 Å². The highest BCUT2D eigenvalue weighted by Gasteiger charge is 2.10. The van der Waals surface area contributed by atoms with Gasteiger partial charge in [0.2, 0.25) is 0 Å². The van der Waals surface area contributed by atoms with Gasteiger partial charge in [-0.1, -0.05) is 13.3 Å². The molecule has 0 spiro atoms. The number of hydrogen-bond acceptors (Lipinski definition) is 3. The maximum atomic E-state index is 11.9. The van der Waals surface area contributed by atoms with Crippen LogP contribution in [0.4, 0.5) is 5.82 Å². The number of amides is 1. The maximum Gasteiger partial charge on any atom is 0.258 e. The minimum Gasteiger partial charge on any atom is -0.307 e. The fourth-order valence-corrected chi connectivity index (χ4v) is 1.71. The Kier molecular flexibility index (Phi) is 3.72. The summed E-state index contributed by atoms with van der Waals surface area (Å²) in [6.07, 6.45) is 5.13. The predicted molar refractivity (Wildman–Crippen MR) is 69.4 cm³/mol. The molecule has 0 aromatic carbocycles. The third-order valence-corrected chi connectivity index (χ3v) is 2.60. The Hall–Kier alpha value is -2.17. The molecular formula is C13H16N4O. The van der Waals surface area contributed by atoms with Crippen molar-refractivity contribution in [1.29, 1.82) is 0 Å². The Balaban J connectivity index is 2.12. The van der Waals surface area contributed by atoms with Crippen molar-refractivity contribution in [2.75, 3.05) is 5.32 Å². The van der Waals surface area contributed by atoms with Crippen molar-refractivity contribution in [3.05, 3.63) is 41.9 Å². The van der Waals surface area contributed by atoms with Gasteiger partial charge in [-0.25, -0.2) is 0 Å². The lowest BCUT2D eigenvalue weighted by molar-refractivity contribution is 0.102. The monoisotopic (exact) mass is 244 g/mol. The van der Waals surface area contributed by atoms with Crippen LogP contribution in [0.2, 0.25) is 0 Å². The number of carbonyl (C=O) groups excluding carboxylic acids is 1. The average Bonchev–Trinajstić information content (AvgIpc) is 2.71. The molecule has 2 heterocycles. The van der Waals surface area contributed by atoms with E-state index in [1.54, 1.807) is 29.2 Å². The molecule has 0 fully saturated rings. The average molecular weight is 244 g/mol. The number of pyridine rings is 1. The number of aromatic nitrogens is 3. The van der Waals surface area contributed by atoms with Gasteiger partial charge in [0.15, 0.2) is 0 Å². The molecule has 2 aromatic rings. The molecule has 2 aromatic heterocycles. The molecule has 0 unspecified atom stereocenters. The van der Waals surface area contributed by atoms with Crippen LogP contribution in [0.25, 0.3) is 0 Å². The van der Waals surface area contributed by atoms with Crippen LogP contribution >= 0.6 is 0 Å². The fraction of sp³-hybridized carbons (Fsp3) is 0.308. The van der Waals surface area contributed by atoms with E-state index < -0.39 is 0 Å². The van der Waals surface area contributed by atoms with Gasteiger partial charge < -0.3 is 5.32 Å². The summed E-state index contributed by atoms with van der Waals surface area (Å²) in [4.78, 5) is 15.9. The smallest absolute Gasteiger partial charge is 0.258 e. The molecule has 0 bridgehead atoms. The van der Waals surface area contributed by atoms with Crippen LogP contribution in [0.1, 0.15) is 29.4 Å². The Morgan fingerprint density at radius 3 is 3.00 bits per heavy atom. The number of hydrogen-bond donors (Lipinski definition) is 1. The van der Waals surface area contributed by atoms with Crippen molar-refractivity contribution in [3.8, 4) is 0 Å². The zero-order valence-electron chi connectivity index (χ0n) is 10.6. The molecule has 0 atom stereocenters. The standard InChI is InChI=1S/C13H16N4O/c1-3-5-11-8-12(17(2)16-11)15-13(18)10-6-4-7-14-9-10/h4,6-9H,3,5H2,1-2H3,(H,15,18). The van der Waals surface area contributed by atoms with E-state index in [1.807, 2.05) is 13.1 Å². The number of nitrogens with zero attached hydrogens (tertiary/aromatic N) is 3. The molecule has 0 aliphatic rings. The predicted octanol–water partition coefficient (Wildman–Crippen LogP) is 2.02. The third-order valence-electron chi connectivity index (χ3n) is 2.60. The molecule has 0 aliphatic heterocycles. The molecular weight excluding hydrogens is 228 g/mol. The Morgan fingerprint density at radius 2 is 2.33 bits per heavy atom. The second kappa shape index (κ2) is 5.44. The number of rotatable bonds is 4. The van der Waals surface area contributed by atoms with Crippen LogP contribution in [-0.2, 0) is 13.5 Å². The van der Waals surface area contributed by atoms with Gasteiger partial charge in [-0.3, -0.25) is 14.5 Å². The summed E-state index contributed by atoms with van der Waals surface area (Å²) in [5, 5.41) is 7.16. The van der Waals surface area contributed by atoms with Crippen LogP contribution in [0.3, 0.4) is 0 Å². The molecule has 0 radical (unpaired) electrons. The van der Waals surface area contributed by atoms with Crippen LogP contribution in [0.5, 0.6) is 0 Å². The van der Waals surface area contributed by atoms with Gasteiger partial charge >= 0.3 is 0 Å². The van der Waals surface area contributed by atoms with Gasteiger partial charge in [-0.05, 0) is 18.6 Å². The number of aryl methyl sites for hydroxylation is 2. The molecule has 5 heteroatoms. The van der Waals surface area contributed by atoms with E-state index in [0.29, 0.717) is 11.4 Å². The van der Waals surface area contributed by atoms with E-state index in [-0.39, 0.29) is 5.91 Å². The van der Waals surface area contributed by atoms with Gasteiger partial charge in [0, 0.05) is 25.5 Å². The van der Waals surface area contributed by atoms with E-state index in [0.717, 1.165) is 18.5 Å². The summed E-state index contributed by atoms with van der Waals surface area (Å²) in [5.74, 6) is 0.529. The number of carbonyl (C=O) groups is 1. The summed E-state index contributed by atoms with van der Waals surface area (Å²) in [7, 11) is 1.82. The molecule has 2 rings (SSSR count). The largest absolute Gasteiger partial charge is 0.307 e. The Labute approximate surface area is 106 Å². The first-order valence-electron chi connectivity index (χ1n) is 5.95. The van der Waals surface area contributed by atoms with Gasteiger partial charge in [0.05, 0.1) is 11.3 Å². The minimum absolute atomic E-state index is 0.172. The zero-order chi connectivity index (χ0) is 13.0. The van der Waals surface area contributed by atoms with E-state index in [4.69, 9.17) is 0 Å². The molecule has 1 N–H and O–H groups in total. The SMILES string of the molecule is CCCc1cc(NC(=O)c2cccnc2)n(C)n1. The Morgan fingerprint density at radius 1 is 1.50 bits per heavy atom. The summed E-state index contributed by atoms with van der Waals surface area (Å²) in [5.41, 5.74) is 1.53. The van der Waals surface area contributed by atoms with E-state index in [2.05, 4.69) is 22.3 Å². The Bertz CT molecular complexity index is 533. The fourth-order valence-electron chi connectivity index (χ4n) is 1.71. The molecule has 18 heavy (non-hydrogen) atoms. The summed E-state index contributed by atoms with van der Waals surface area (Å²) >= 11 is 0. The molecule has 0 saturated heterocycles. The van der Waals surface area contributed by atoms with Gasteiger partial charge in [0.25, 0.3) is 5.91 Å². The van der Waals surface area contributed by atoms with Crippen molar-refractivity contribution in [3.63, 3.8) is 0 Å². The third kappa shape index (κ3) is 2.74. The summed E-state index contributed by atoms with van der Waals surface area (Å²) in [6.45, 7) is 2.10. The second-order valence-corrected chi connectivity index (χ2v) is 4.09. The second-order valence-electron chi connectivity index (χ2n) is 4.09. The lowest BCUT2D eigenvalue weighted by Crippen LogP contribution is -2.14. The highest BCUT2D eigenvalue weighted by molar-refractivity contribution is 6.03. The van der Waals surface area contributed by atoms with E-state index in [1.165, 1.54) is 0 Å². The number of nitrogens with one attached hydrogen (secondary N) is 1. The summed E-state index contributed by atoms with van der Waals surface area (Å²) < 4.78 is 1.68. The summed E-state index contributed by atoms with van der Waals surface area (Å²) in [6, 6.07) is 5.37. The molecule has 0 aliphatic carbocycles. The normalized spacial score (nSPS) is 10.3. The van der Waals surface area contributed by atoms with Crippen molar-refractivity contribution in [2.24, 2.45) is 7.05 Å². The van der Waals surface area contributed by atoms with Crippen LogP contribution in [0.15, 0.2) is 30.6 Å². The van der Waals surface area contributed by atoms with Crippen molar-refractivity contribution in [1.82, 2.24) is 14.8 Å². The quantitative estimate of drug-likeness (QED) is 0.895. The van der Waals surface area contributed by atoms with E-state index >= 15 is 0 Å². The molecule has 5 nitrogen and oxygen atoms in total. The van der Waals surface area contributed by atoms with Gasteiger partial charge in [0.1, 0.15) is 5.82 Å². The van der Waals surface area contributed by atoms with Crippen molar-refractivity contribution < 1.29 is 4.79 Å². The van der Waals surface area contributed by atoms with Crippen LogP contribution < -0.4 is 5.32 Å². The minimum atomic E-state index is -0.172. The van der Waals surface area contributed by atoms with E-state index in [9.17, 15) is 4.79 Å².